The van der Waals surface area contributed by atoms with E-state index in [4.69, 9.17) is 9.47 Å². The number of hydrogen-bond donors (Lipinski definition) is 0. The Morgan fingerprint density at radius 2 is 0.929 bits per heavy atom. The molecule has 2 heterocycles. The van der Waals surface area contributed by atoms with E-state index in [0.29, 0.717) is 0 Å². The van der Waals surface area contributed by atoms with Gasteiger partial charge in [0, 0.05) is 33.4 Å². The lowest BCUT2D eigenvalue weighted by atomic mass is 9.81. The van der Waals surface area contributed by atoms with Crippen LogP contribution in [-0.2, 0) is 11.2 Å². The Kier molecular flexibility index (Phi) is 5.61. The highest BCUT2D eigenvalue weighted by Crippen LogP contribution is 2.47. The Balaban J connectivity index is 1.26. The first kappa shape index (κ1) is 24.5. The molecular formula is C40H28O2. The maximum absolute atomic E-state index is 7.02. The smallest absolute Gasteiger partial charge is 0.178 e. The summed E-state index contributed by atoms with van der Waals surface area (Å²) in [6.45, 7) is 0. The van der Waals surface area contributed by atoms with E-state index in [2.05, 4.69) is 152 Å². The van der Waals surface area contributed by atoms with Gasteiger partial charge in [0.25, 0.3) is 0 Å². The maximum atomic E-state index is 7.02. The van der Waals surface area contributed by atoms with Gasteiger partial charge in [0.15, 0.2) is 11.2 Å². The summed E-state index contributed by atoms with van der Waals surface area (Å²) < 4.78 is 14.0. The van der Waals surface area contributed by atoms with Gasteiger partial charge in [0.2, 0.25) is 0 Å². The zero-order valence-corrected chi connectivity index (χ0v) is 23.0. The van der Waals surface area contributed by atoms with Crippen molar-refractivity contribution in [3.63, 3.8) is 0 Å². The van der Waals surface area contributed by atoms with E-state index in [-0.39, 0.29) is 0 Å². The normalized spacial score (nSPS) is 18.0. The molecule has 0 radical (unpaired) electrons. The van der Waals surface area contributed by atoms with E-state index < -0.39 is 11.2 Å². The minimum absolute atomic E-state index is 0.713. The molecule has 0 fully saturated rings. The van der Waals surface area contributed by atoms with Crippen LogP contribution in [0, 0.1) is 0 Å². The second kappa shape index (κ2) is 9.64. The largest absolute Gasteiger partial charge is 0.473 e. The highest BCUT2D eigenvalue weighted by Gasteiger charge is 2.40. The molecule has 6 aromatic rings. The van der Waals surface area contributed by atoms with Crippen molar-refractivity contribution in [2.75, 3.05) is 0 Å². The molecule has 2 nitrogen and oxygen atoms in total. The monoisotopic (exact) mass is 540 g/mol. The Bertz CT molecular complexity index is 1930. The standard InChI is InChI=1S/C40H28O2/c1-4-13-31(14-5-1)39(32-15-6-2-7-16-32)26-24-30-28-34(21-23-37(30)41-39)40(33-17-8-3-9-18-33)27-25-36-35-19-11-10-12-29(35)20-22-38(36)42-40/h1-28H. The molecule has 0 amide bonds. The molecule has 42 heavy (non-hydrogen) atoms. The van der Waals surface area contributed by atoms with E-state index in [1.54, 1.807) is 0 Å². The summed E-state index contributed by atoms with van der Waals surface area (Å²) >= 11 is 0. The Hall–Kier alpha value is -5.34. The second-order valence-electron chi connectivity index (χ2n) is 10.9. The van der Waals surface area contributed by atoms with Crippen LogP contribution in [0.1, 0.15) is 33.4 Å². The van der Waals surface area contributed by atoms with Crippen LogP contribution in [0.3, 0.4) is 0 Å². The first-order valence-electron chi connectivity index (χ1n) is 14.3. The highest BCUT2D eigenvalue weighted by atomic mass is 16.5. The summed E-state index contributed by atoms with van der Waals surface area (Å²) in [4.78, 5) is 0. The van der Waals surface area contributed by atoms with Crippen LogP contribution in [0.4, 0.5) is 0 Å². The molecule has 0 aromatic heterocycles. The first-order valence-corrected chi connectivity index (χ1v) is 14.3. The van der Waals surface area contributed by atoms with Crippen LogP contribution in [0.15, 0.2) is 158 Å². The molecule has 0 aliphatic carbocycles. The third-order valence-electron chi connectivity index (χ3n) is 8.50. The molecule has 1 unspecified atom stereocenters. The zero-order chi connectivity index (χ0) is 28.0. The molecule has 8 rings (SSSR count). The maximum Gasteiger partial charge on any atom is 0.178 e. The van der Waals surface area contributed by atoms with Crippen LogP contribution in [0.2, 0.25) is 0 Å². The van der Waals surface area contributed by atoms with E-state index in [1.807, 2.05) is 18.2 Å². The van der Waals surface area contributed by atoms with Crippen molar-refractivity contribution in [2.45, 2.75) is 11.2 Å². The van der Waals surface area contributed by atoms with E-state index in [9.17, 15) is 0 Å². The lowest BCUT2D eigenvalue weighted by Gasteiger charge is -2.38. The quantitative estimate of drug-likeness (QED) is 0.222. The Labute approximate surface area is 245 Å². The van der Waals surface area contributed by atoms with Crippen molar-refractivity contribution in [2.24, 2.45) is 0 Å². The molecule has 1 atom stereocenters. The van der Waals surface area contributed by atoms with Crippen molar-refractivity contribution >= 4 is 22.9 Å². The average molecular weight is 541 g/mol. The predicted octanol–water partition coefficient (Wildman–Crippen LogP) is 9.54. The van der Waals surface area contributed by atoms with Gasteiger partial charge in [0.05, 0.1) is 0 Å². The molecular weight excluding hydrogens is 512 g/mol. The number of rotatable bonds is 4. The van der Waals surface area contributed by atoms with Crippen molar-refractivity contribution in [1.29, 1.82) is 0 Å². The summed E-state index contributed by atoms with van der Waals surface area (Å²) in [5, 5.41) is 2.39. The summed E-state index contributed by atoms with van der Waals surface area (Å²) in [5.41, 5.74) is 4.92. The third-order valence-corrected chi connectivity index (χ3v) is 8.50. The number of ether oxygens (including phenoxy) is 2. The van der Waals surface area contributed by atoms with Crippen LogP contribution < -0.4 is 9.47 Å². The van der Waals surface area contributed by atoms with Gasteiger partial charge < -0.3 is 9.47 Å². The van der Waals surface area contributed by atoms with Gasteiger partial charge in [-0.2, -0.15) is 0 Å². The SMILES string of the molecule is C1=CC(c2ccccc2)(c2ccccc2)Oc2ccc(C3(c4ccccc4)C=Cc4c(ccc5ccccc45)O3)cc21. The van der Waals surface area contributed by atoms with Gasteiger partial charge >= 0.3 is 0 Å². The fourth-order valence-electron chi connectivity index (χ4n) is 6.37. The van der Waals surface area contributed by atoms with Crippen molar-refractivity contribution in [1.82, 2.24) is 0 Å². The lowest BCUT2D eigenvalue weighted by molar-refractivity contribution is 0.156. The van der Waals surface area contributed by atoms with Gasteiger partial charge in [-0.3, -0.25) is 0 Å². The molecule has 0 saturated heterocycles. The number of hydrogen-bond acceptors (Lipinski definition) is 2. The number of fused-ring (bicyclic) bond motifs is 4. The first-order chi connectivity index (χ1) is 20.8. The second-order valence-corrected chi connectivity index (χ2v) is 10.9. The van der Waals surface area contributed by atoms with Gasteiger partial charge in [-0.25, -0.2) is 0 Å². The summed E-state index contributed by atoms with van der Waals surface area (Å²) in [6, 6.07) is 50.4. The van der Waals surface area contributed by atoms with Crippen LogP contribution in [-0.4, -0.2) is 0 Å². The number of benzene rings is 6. The van der Waals surface area contributed by atoms with Crippen molar-refractivity contribution in [3.8, 4) is 11.5 Å². The van der Waals surface area contributed by atoms with E-state index in [1.165, 1.54) is 10.8 Å². The molecule has 2 heteroatoms. The van der Waals surface area contributed by atoms with E-state index in [0.717, 1.165) is 44.9 Å². The van der Waals surface area contributed by atoms with Crippen LogP contribution in [0.5, 0.6) is 11.5 Å². The molecule has 0 N–H and O–H groups in total. The van der Waals surface area contributed by atoms with Gasteiger partial charge in [-0.15, -0.1) is 0 Å². The van der Waals surface area contributed by atoms with Gasteiger partial charge in [-0.1, -0.05) is 133 Å². The fraction of sp³-hybridized carbons (Fsp3) is 0.0500. The molecule has 2 aliphatic rings. The molecule has 200 valence electrons. The van der Waals surface area contributed by atoms with Crippen molar-refractivity contribution < 1.29 is 9.47 Å². The molecule has 0 bridgehead atoms. The molecule has 0 spiro atoms. The summed E-state index contributed by atoms with van der Waals surface area (Å²) in [6.07, 6.45) is 8.78. The van der Waals surface area contributed by atoms with Gasteiger partial charge in [0.1, 0.15) is 11.5 Å². The predicted molar refractivity (Wildman–Crippen MR) is 171 cm³/mol. The molecule has 0 saturated carbocycles. The Morgan fingerprint density at radius 3 is 1.60 bits per heavy atom. The topological polar surface area (TPSA) is 18.5 Å². The van der Waals surface area contributed by atoms with Crippen LogP contribution in [0.25, 0.3) is 22.9 Å². The average Bonchev–Trinajstić information content (AvgIpc) is 3.08. The van der Waals surface area contributed by atoms with Gasteiger partial charge in [-0.05, 0) is 47.2 Å². The zero-order valence-electron chi connectivity index (χ0n) is 23.0. The lowest BCUT2D eigenvalue weighted by Crippen LogP contribution is -2.36. The van der Waals surface area contributed by atoms with Crippen molar-refractivity contribution in [3.05, 3.63) is 191 Å². The van der Waals surface area contributed by atoms with Crippen LogP contribution >= 0.6 is 0 Å². The summed E-state index contributed by atoms with van der Waals surface area (Å²) in [5.74, 6) is 1.71. The minimum Gasteiger partial charge on any atom is -0.473 e. The third kappa shape index (κ3) is 3.80. The van der Waals surface area contributed by atoms with E-state index >= 15 is 0 Å². The fourth-order valence-corrected chi connectivity index (χ4v) is 6.37. The molecule has 2 aliphatic heterocycles. The highest BCUT2D eigenvalue weighted by molar-refractivity contribution is 5.94. The minimum atomic E-state index is -0.785. The summed E-state index contributed by atoms with van der Waals surface area (Å²) in [7, 11) is 0. The molecule has 6 aromatic carbocycles. The Morgan fingerprint density at radius 1 is 0.405 bits per heavy atom.